The molecule has 0 radical (unpaired) electrons. The molecule has 0 unspecified atom stereocenters. The molecule has 0 atom stereocenters. The van der Waals surface area contributed by atoms with Gasteiger partial charge in [-0.2, -0.15) is 5.10 Å². The first kappa shape index (κ1) is 17.7. The van der Waals surface area contributed by atoms with E-state index in [1.807, 2.05) is 0 Å². The Balaban J connectivity index is 1.64. The first-order valence-electron chi connectivity index (χ1n) is 9.32. The first-order valence-corrected chi connectivity index (χ1v) is 10.1. The summed E-state index contributed by atoms with van der Waals surface area (Å²) in [4.78, 5) is 26.6. The van der Waals surface area contributed by atoms with Crippen molar-refractivity contribution in [3.8, 4) is 0 Å². The Morgan fingerprint density at radius 1 is 1.42 bits per heavy atom. The molecule has 0 aliphatic heterocycles. The van der Waals surface area contributed by atoms with Gasteiger partial charge in [0.2, 0.25) is 5.91 Å². The number of fused-ring (bicyclic) bond motifs is 3. The van der Waals surface area contributed by atoms with E-state index in [0.29, 0.717) is 12.8 Å². The summed E-state index contributed by atoms with van der Waals surface area (Å²) in [5.74, 6) is -0.0355. The number of hydrogen-bond donors (Lipinski definition) is 2. The van der Waals surface area contributed by atoms with Gasteiger partial charge in [-0.1, -0.05) is 13.8 Å². The minimum atomic E-state index is -0.686. The smallest absolute Gasteiger partial charge is 0.285 e. The highest BCUT2D eigenvalue weighted by molar-refractivity contribution is 7.19. The van der Waals surface area contributed by atoms with Gasteiger partial charge in [-0.25, -0.2) is 4.68 Å². The fourth-order valence-corrected chi connectivity index (χ4v) is 5.54. The van der Waals surface area contributed by atoms with Crippen molar-refractivity contribution in [2.24, 2.45) is 0 Å². The van der Waals surface area contributed by atoms with Crippen molar-refractivity contribution in [2.45, 2.75) is 77.0 Å². The average Bonchev–Trinajstić information content (AvgIpc) is 3.09. The average molecular weight is 375 g/mol. The molecular weight excluding hydrogens is 350 g/mol. The summed E-state index contributed by atoms with van der Waals surface area (Å²) in [6.07, 6.45) is 4.30. The quantitative estimate of drug-likeness (QED) is 0.857. The second-order valence-corrected chi connectivity index (χ2v) is 9.34. The fraction of sp³-hybridized carbons (Fsp3) is 0.632. The van der Waals surface area contributed by atoms with Crippen LogP contribution in [-0.4, -0.2) is 32.4 Å². The molecule has 2 aromatic heterocycles. The highest BCUT2D eigenvalue weighted by Gasteiger charge is 2.39. The first-order chi connectivity index (χ1) is 12.2. The van der Waals surface area contributed by atoms with Crippen LogP contribution < -0.4 is 10.9 Å². The molecule has 1 saturated carbocycles. The lowest BCUT2D eigenvalue weighted by Crippen LogP contribution is -2.54. The van der Waals surface area contributed by atoms with Gasteiger partial charge in [0.05, 0.1) is 11.3 Å². The van der Waals surface area contributed by atoms with Gasteiger partial charge >= 0.3 is 0 Å². The Kier molecular flexibility index (Phi) is 4.19. The Morgan fingerprint density at radius 3 is 2.81 bits per heavy atom. The number of carbonyl (C=O) groups is 1. The van der Waals surface area contributed by atoms with Crippen LogP contribution in [0.3, 0.4) is 0 Å². The number of thiophene rings is 1. The molecular formula is C19H25N3O3S. The second-order valence-electron chi connectivity index (χ2n) is 8.23. The van der Waals surface area contributed by atoms with Gasteiger partial charge < -0.3 is 10.4 Å². The van der Waals surface area contributed by atoms with Crippen LogP contribution in [0, 0.1) is 0 Å². The van der Waals surface area contributed by atoms with Crippen LogP contribution >= 0.6 is 11.3 Å². The molecule has 140 valence electrons. The molecule has 2 aromatic rings. The summed E-state index contributed by atoms with van der Waals surface area (Å²) in [5, 5.41) is 18.3. The van der Waals surface area contributed by atoms with Crippen molar-refractivity contribution in [2.75, 3.05) is 0 Å². The highest BCUT2D eigenvalue weighted by atomic mass is 32.1. The fourth-order valence-electron chi connectivity index (χ4n) is 4.19. The monoisotopic (exact) mass is 375 g/mol. The molecule has 2 N–H and O–H groups in total. The summed E-state index contributed by atoms with van der Waals surface area (Å²) in [6, 6.07) is -0.0213. The van der Waals surface area contributed by atoms with Crippen LogP contribution in [0.1, 0.15) is 62.1 Å². The minimum absolute atomic E-state index is 0.0213. The summed E-state index contributed by atoms with van der Waals surface area (Å²) in [5.41, 5.74) is 1.36. The summed E-state index contributed by atoms with van der Waals surface area (Å²) < 4.78 is 2.06. The Labute approximate surface area is 156 Å². The number of nitrogens with zero attached hydrogens (tertiary/aromatic N) is 2. The summed E-state index contributed by atoms with van der Waals surface area (Å²) >= 11 is 1.58. The van der Waals surface area contributed by atoms with Gasteiger partial charge in [-0.05, 0) is 50.5 Å². The van der Waals surface area contributed by atoms with Crippen LogP contribution in [0.15, 0.2) is 4.79 Å². The van der Waals surface area contributed by atoms with E-state index in [4.69, 9.17) is 0 Å². The van der Waals surface area contributed by atoms with E-state index in [0.717, 1.165) is 35.0 Å². The number of hydrogen-bond acceptors (Lipinski definition) is 5. The van der Waals surface area contributed by atoms with Gasteiger partial charge in [0.15, 0.2) is 0 Å². The maximum absolute atomic E-state index is 12.9. The molecule has 2 heterocycles. The van der Waals surface area contributed by atoms with E-state index in [9.17, 15) is 14.7 Å². The molecule has 0 aromatic carbocycles. The number of aliphatic hydroxyl groups is 1. The third-order valence-electron chi connectivity index (χ3n) is 5.41. The zero-order chi connectivity index (χ0) is 18.6. The minimum Gasteiger partial charge on any atom is -0.390 e. The molecule has 0 saturated heterocycles. The maximum atomic E-state index is 12.9. The van der Waals surface area contributed by atoms with Crippen molar-refractivity contribution in [1.82, 2.24) is 15.1 Å². The molecule has 26 heavy (non-hydrogen) atoms. The number of carbonyl (C=O) groups excluding carboxylic acids is 1. The molecule has 4 rings (SSSR count). The third kappa shape index (κ3) is 2.97. The second kappa shape index (κ2) is 6.16. The van der Waals surface area contributed by atoms with E-state index in [1.54, 1.807) is 18.3 Å². The van der Waals surface area contributed by atoms with E-state index < -0.39 is 5.60 Å². The van der Waals surface area contributed by atoms with Gasteiger partial charge in [-0.3, -0.25) is 9.59 Å². The van der Waals surface area contributed by atoms with Crippen molar-refractivity contribution in [1.29, 1.82) is 0 Å². The Bertz CT molecular complexity index is 934. The standard InChI is InChI=1S/C19H25N3O3S/c1-10(2)16-15-12-5-4-6-13(12)26-17(15)18(24)22(21-16)9-14(23)20-11-7-19(3,25)8-11/h10-11,25H,4-9H2,1-3H3,(H,20,23). The lowest BCUT2D eigenvalue weighted by Gasteiger charge is -2.41. The van der Waals surface area contributed by atoms with Crippen molar-refractivity contribution in [3.05, 3.63) is 26.5 Å². The number of aromatic nitrogens is 2. The van der Waals surface area contributed by atoms with Gasteiger partial charge in [0, 0.05) is 16.3 Å². The third-order valence-corrected chi connectivity index (χ3v) is 6.69. The number of nitrogens with one attached hydrogen (secondary N) is 1. The van der Waals surface area contributed by atoms with Crippen LogP contribution in [-0.2, 0) is 24.2 Å². The topological polar surface area (TPSA) is 84.2 Å². The van der Waals surface area contributed by atoms with Crippen molar-refractivity contribution in [3.63, 3.8) is 0 Å². The largest absolute Gasteiger partial charge is 0.390 e. The van der Waals surface area contributed by atoms with E-state index in [1.165, 1.54) is 15.1 Å². The van der Waals surface area contributed by atoms with Crippen LogP contribution in [0.2, 0.25) is 0 Å². The molecule has 7 heteroatoms. The van der Waals surface area contributed by atoms with E-state index in [2.05, 4.69) is 24.3 Å². The molecule has 0 spiro atoms. The van der Waals surface area contributed by atoms with Crippen LogP contribution in [0.5, 0.6) is 0 Å². The van der Waals surface area contributed by atoms with Crippen molar-refractivity contribution < 1.29 is 9.90 Å². The molecule has 1 amide bonds. The predicted molar refractivity (Wildman–Crippen MR) is 102 cm³/mol. The van der Waals surface area contributed by atoms with Gasteiger partial charge in [0.1, 0.15) is 11.2 Å². The molecule has 2 aliphatic rings. The molecule has 0 bridgehead atoms. The predicted octanol–water partition coefficient (Wildman–Crippen LogP) is 2.10. The highest BCUT2D eigenvalue weighted by Crippen LogP contribution is 2.38. The van der Waals surface area contributed by atoms with Gasteiger partial charge in [-0.15, -0.1) is 11.3 Å². The Hall–Kier alpha value is -1.73. The zero-order valence-corrected chi connectivity index (χ0v) is 16.3. The lowest BCUT2D eigenvalue weighted by atomic mass is 9.77. The molecule has 6 nitrogen and oxygen atoms in total. The van der Waals surface area contributed by atoms with Crippen LogP contribution in [0.25, 0.3) is 10.1 Å². The van der Waals surface area contributed by atoms with Crippen LogP contribution in [0.4, 0.5) is 0 Å². The Morgan fingerprint density at radius 2 is 2.15 bits per heavy atom. The maximum Gasteiger partial charge on any atom is 0.285 e. The molecule has 1 fully saturated rings. The van der Waals surface area contributed by atoms with Crippen molar-refractivity contribution >= 4 is 27.3 Å². The molecule has 2 aliphatic carbocycles. The summed E-state index contributed by atoms with van der Waals surface area (Å²) in [6.45, 7) is 5.84. The SMILES string of the molecule is CC(C)c1nn(CC(=O)NC2CC(C)(O)C2)c(=O)c2sc3c(c12)CCC3. The lowest BCUT2D eigenvalue weighted by molar-refractivity contribution is -0.125. The van der Waals surface area contributed by atoms with Gasteiger partial charge in [0.25, 0.3) is 5.56 Å². The normalized spacial score (nSPS) is 24.7. The number of aryl methyl sites for hydroxylation is 2. The summed E-state index contributed by atoms with van der Waals surface area (Å²) in [7, 11) is 0. The zero-order valence-electron chi connectivity index (χ0n) is 15.5. The number of rotatable bonds is 4. The number of amides is 1. The van der Waals surface area contributed by atoms with E-state index >= 15 is 0 Å². The van der Waals surface area contributed by atoms with E-state index in [-0.39, 0.29) is 30.0 Å².